The average Bonchev–Trinajstić information content (AvgIpc) is 2.75. The molecule has 1 fully saturated rings. The van der Waals surface area contributed by atoms with Gasteiger partial charge in [-0.25, -0.2) is 8.42 Å². The number of hydrogen-bond donors (Lipinski definition) is 0. The molecule has 2 aromatic rings. The minimum absolute atomic E-state index is 0.0885. The van der Waals surface area contributed by atoms with Crippen molar-refractivity contribution >= 4 is 21.6 Å². The van der Waals surface area contributed by atoms with Crippen LogP contribution >= 0.6 is 0 Å². The van der Waals surface area contributed by atoms with Gasteiger partial charge < -0.3 is 4.90 Å². The molecule has 0 aliphatic heterocycles. The molecule has 0 radical (unpaired) electrons. The first-order valence-electron chi connectivity index (χ1n) is 10.3. The number of carbonyl (C=O) groups is 1. The Kier molecular flexibility index (Phi) is 6.63. The molecule has 1 aliphatic carbocycles. The molecule has 6 heteroatoms. The van der Waals surface area contributed by atoms with E-state index in [0.29, 0.717) is 17.8 Å². The van der Waals surface area contributed by atoms with Gasteiger partial charge in [-0.1, -0.05) is 43.0 Å². The molecule has 0 saturated heterocycles. The van der Waals surface area contributed by atoms with Gasteiger partial charge in [-0.2, -0.15) is 0 Å². The minimum atomic E-state index is -3.76. The van der Waals surface area contributed by atoms with Crippen LogP contribution in [0.2, 0.25) is 0 Å². The second-order valence-corrected chi connectivity index (χ2v) is 9.69. The van der Waals surface area contributed by atoms with E-state index in [1.807, 2.05) is 30.9 Å². The highest BCUT2D eigenvalue weighted by molar-refractivity contribution is 7.92. The van der Waals surface area contributed by atoms with E-state index in [0.717, 1.165) is 31.2 Å². The number of nitrogens with zero attached hydrogens (tertiary/aromatic N) is 2. The summed E-state index contributed by atoms with van der Waals surface area (Å²) < 4.78 is 27.5. The van der Waals surface area contributed by atoms with E-state index in [-0.39, 0.29) is 16.8 Å². The molecule has 2 aromatic carbocycles. The first kappa shape index (κ1) is 21.4. The van der Waals surface area contributed by atoms with Gasteiger partial charge >= 0.3 is 0 Å². The second kappa shape index (κ2) is 8.99. The number of hydrogen-bond acceptors (Lipinski definition) is 3. The summed E-state index contributed by atoms with van der Waals surface area (Å²) in [5, 5.41) is 0. The van der Waals surface area contributed by atoms with Crippen LogP contribution in [-0.4, -0.2) is 38.9 Å². The standard InChI is InChI=1S/C23H30N2O3S/c1-4-25(21-10-6-5-7-11-21)23(26)19-9-8-12-22(17-19)29(27,28)24(3)20-15-13-18(2)14-16-20/h8-9,12-17,21H,4-7,10-11H2,1-3H3. The van der Waals surface area contributed by atoms with Crippen LogP contribution in [0.25, 0.3) is 0 Å². The molecule has 29 heavy (non-hydrogen) atoms. The van der Waals surface area contributed by atoms with Crippen LogP contribution in [0.15, 0.2) is 53.4 Å². The van der Waals surface area contributed by atoms with Gasteiger partial charge in [0.15, 0.2) is 0 Å². The lowest BCUT2D eigenvalue weighted by Gasteiger charge is -2.33. The van der Waals surface area contributed by atoms with Crippen molar-refractivity contribution in [3.63, 3.8) is 0 Å². The third-order valence-corrected chi connectivity index (χ3v) is 7.54. The quantitative estimate of drug-likeness (QED) is 0.693. The lowest BCUT2D eigenvalue weighted by molar-refractivity contribution is 0.0647. The van der Waals surface area contributed by atoms with Crippen LogP contribution in [0, 0.1) is 6.92 Å². The maximum atomic E-state index is 13.1. The Balaban J connectivity index is 1.87. The Morgan fingerprint density at radius 1 is 1.03 bits per heavy atom. The molecule has 0 N–H and O–H groups in total. The van der Waals surface area contributed by atoms with Gasteiger partial charge in [0, 0.05) is 25.2 Å². The summed E-state index contributed by atoms with van der Waals surface area (Å²) in [6, 6.07) is 14.0. The topological polar surface area (TPSA) is 57.7 Å². The first-order chi connectivity index (χ1) is 13.8. The number of sulfonamides is 1. The van der Waals surface area contributed by atoms with Crippen LogP contribution in [0.3, 0.4) is 0 Å². The molecule has 3 rings (SSSR count). The molecule has 156 valence electrons. The largest absolute Gasteiger partial charge is 0.336 e. The zero-order chi connectivity index (χ0) is 21.0. The molecule has 0 atom stereocenters. The Morgan fingerprint density at radius 3 is 2.31 bits per heavy atom. The van der Waals surface area contributed by atoms with Crippen LogP contribution in [0.1, 0.15) is 54.9 Å². The highest BCUT2D eigenvalue weighted by atomic mass is 32.2. The van der Waals surface area contributed by atoms with Gasteiger partial charge in [0.1, 0.15) is 0 Å². The van der Waals surface area contributed by atoms with E-state index in [4.69, 9.17) is 0 Å². The molecular weight excluding hydrogens is 384 g/mol. The van der Waals surface area contributed by atoms with Crippen molar-refractivity contribution in [1.82, 2.24) is 4.90 Å². The summed E-state index contributed by atoms with van der Waals surface area (Å²) in [6.07, 6.45) is 5.55. The Hall–Kier alpha value is -2.34. The molecule has 1 aliphatic rings. The third-order valence-electron chi connectivity index (χ3n) is 5.75. The predicted octanol–water partition coefficient (Wildman–Crippen LogP) is 4.61. The number of rotatable bonds is 6. The van der Waals surface area contributed by atoms with Crippen molar-refractivity contribution in [1.29, 1.82) is 0 Å². The van der Waals surface area contributed by atoms with Crippen molar-refractivity contribution in [2.75, 3.05) is 17.9 Å². The van der Waals surface area contributed by atoms with Crippen molar-refractivity contribution in [2.45, 2.75) is 56.9 Å². The minimum Gasteiger partial charge on any atom is -0.336 e. The summed E-state index contributed by atoms with van der Waals surface area (Å²) in [7, 11) is -2.22. The number of carbonyl (C=O) groups excluding carboxylic acids is 1. The fourth-order valence-corrected chi connectivity index (χ4v) is 5.21. The van der Waals surface area contributed by atoms with Gasteiger partial charge in [-0.15, -0.1) is 0 Å². The van der Waals surface area contributed by atoms with Crippen LogP contribution in [0.4, 0.5) is 5.69 Å². The molecule has 1 amide bonds. The van der Waals surface area contributed by atoms with Gasteiger partial charge in [-0.3, -0.25) is 9.10 Å². The highest BCUT2D eigenvalue weighted by Gasteiger charge is 2.27. The zero-order valence-corrected chi connectivity index (χ0v) is 18.3. The van der Waals surface area contributed by atoms with Crippen molar-refractivity contribution < 1.29 is 13.2 Å². The summed E-state index contributed by atoms with van der Waals surface area (Å²) in [6.45, 7) is 4.57. The number of aryl methyl sites for hydroxylation is 1. The maximum absolute atomic E-state index is 13.1. The van der Waals surface area contributed by atoms with Gasteiger partial charge in [0.25, 0.3) is 15.9 Å². The Morgan fingerprint density at radius 2 is 1.69 bits per heavy atom. The van der Waals surface area contributed by atoms with Gasteiger partial charge in [0.2, 0.25) is 0 Å². The lowest BCUT2D eigenvalue weighted by Crippen LogP contribution is -2.41. The SMILES string of the molecule is CCN(C(=O)c1cccc(S(=O)(=O)N(C)c2ccc(C)cc2)c1)C1CCCCC1. The van der Waals surface area contributed by atoms with E-state index >= 15 is 0 Å². The van der Waals surface area contributed by atoms with Crippen molar-refractivity contribution in [2.24, 2.45) is 0 Å². The molecule has 0 spiro atoms. The molecule has 0 aromatic heterocycles. The van der Waals surface area contributed by atoms with E-state index in [1.54, 1.807) is 30.3 Å². The van der Waals surface area contributed by atoms with Gasteiger partial charge in [0.05, 0.1) is 10.6 Å². The first-order valence-corrected chi connectivity index (χ1v) is 11.7. The molecule has 0 bridgehead atoms. The normalized spacial score (nSPS) is 15.1. The van der Waals surface area contributed by atoms with E-state index < -0.39 is 10.0 Å². The second-order valence-electron chi connectivity index (χ2n) is 7.72. The number of anilines is 1. The molecule has 5 nitrogen and oxygen atoms in total. The fraction of sp³-hybridized carbons (Fsp3) is 0.435. The van der Waals surface area contributed by atoms with Crippen molar-refractivity contribution in [3.8, 4) is 0 Å². The van der Waals surface area contributed by atoms with E-state index in [2.05, 4.69) is 0 Å². The van der Waals surface area contributed by atoms with Crippen LogP contribution in [0.5, 0.6) is 0 Å². The summed E-state index contributed by atoms with van der Waals surface area (Å²) in [4.78, 5) is 15.2. The Labute approximate surface area is 174 Å². The van der Waals surface area contributed by atoms with E-state index in [1.165, 1.54) is 23.8 Å². The molecule has 0 heterocycles. The number of benzene rings is 2. The highest BCUT2D eigenvalue weighted by Crippen LogP contribution is 2.26. The van der Waals surface area contributed by atoms with Crippen LogP contribution < -0.4 is 4.31 Å². The molecule has 0 unspecified atom stereocenters. The molecular formula is C23H30N2O3S. The lowest BCUT2D eigenvalue weighted by atomic mass is 9.93. The number of amides is 1. The zero-order valence-electron chi connectivity index (χ0n) is 17.5. The predicted molar refractivity (Wildman–Crippen MR) is 117 cm³/mol. The monoisotopic (exact) mass is 414 g/mol. The van der Waals surface area contributed by atoms with Crippen molar-refractivity contribution in [3.05, 3.63) is 59.7 Å². The van der Waals surface area contributed by atoms with E-state index in [9.17, 15) is 13.2 Å². The third kappa shape index (κ3) is 4.64. The fourth-order valence-electron chi connectivity index (χ4n) is 3.97. The molecule has 1 saturated carbocycles. The van der Waals surface area contributed by atoms with Crippen LogP contribution in [-0.2, 0) is 10.0 Å². The average molecular weight is 415 g/mol. The summed E-state index contributed by atoms with van der Waals surface area (Å²) in [5.41, 5.74) is 2.08. The Bertz CT molecular complexity index is 948. The maximum Gasteiger partial charge on any atom is 0.264 e. The smallest absolute Gasteiger partial charge is 0.264 e. The summed E-state index contributed by atoms with van der Waals surface area (Å²) >= 11 is 0. The summed E-state index contributed by atoms with van der Waals surface area (Å²) in [5.74, 6) is -0.0885. The van der Waals surface area contributed by atoms with Gasteiger partial charge in [-0.05, 0) is 57.0 Å².